The zero-order chi connectivity index (χ0) is 18.5. The second-order valence-corrected chi connectivity index (χ2v) is 7.24. The Hall–Kier alpha value is -2.54. The molecule has 26 heavy (non-hydrogen) atoms. The molecule has 0 fully saturated rings. The van der Waals surface area contributed by atoms with Crippen LogP contribution in [-0.2, 0) is 11.3 Å². The largest absolute Gasteiger partial charge is 0.467 e. The molecule has 0 aliphatic heterocycles. The van der Waals surface area contributed by atoms with Crippen LogP contribution in [0.1, 0.15) is 26.0 Å². The van der Waals surface area contributed by atoms with E-state index in [9.17, 15) is 9.59 Å². The molecule has 2 aromatic heterocycles. The molecule has 3 rings (SSSR count). The van der Waals surface area contributed by atoms with Crippen LogP contribution in [0.5, 0.6) is 0 Å². The van der Waals surface area contributed by atoms with Crippen molar-refractivity contribution < 1.29 is 9.21 Å². The fourth-order valence-corrected chi connectivity index (χ4v) is 3.47. The molecule has 3 aromatic rings. The van der Waals surface area contributed by atoms with E-state index in [0.717, 1.165) is 6.42 Å². The number of fused-ring (bicyclic) bond motifs is 1. The lowest BCUT2D eigenvalue weighted by Gasteiger charge is -2.15. The molecule has 1 aromatic carbocycles. The third-order valence-corrected chi connectivity index (χ3v) is 5.01. The fourth-order valence-electron chi connectivity index (χ4n) is 2.54. The molecule has 1 atom stereocenters. The summed E-state index contributed by atoms with van der Waals surface area (Å²) in [5, 5.41) is 3.56. The van der Waals surface area contributed by atoms with Gasteiger partial charge in [0.15, 0.2) is 5.16 Å². The first-order valence-electron chi connectivity index (χ1n) is 8.56. The summed E-state index contributed by atoms with van der Waals surface area (Å²) in [6, 6.07) is 10.8. The molecule has 1 N–H and O–H groups in total. The number of amides is 1. The minimum absolute atomic E-state index is 0.0659. The Morgan fingerprint density at radius 3 is 2.85 bits per heavy atom. The first-order chi connectivity index (χ1) is 12.6. The van der Waals surface area contributed by atoms with Crippen LogP contribution >= 0.6 is 11.8 Å². The zero-order valence-corrected chi connectivity index (χ0v) is 15.6. The van der Waals surface area contributed by atoms with Gasteiger partial charge >= 0.3 is 0 Å². The van der Waals surface area contributed by atoms with Gasteiger partial charge in [-0.1, -0.05) is 30.8 Å². The molecule has 0 saturated heterocycles. The second kappa shape index (κ2) is 8.23. The molecule has 2 heterocycles. The van der Waals surface area contributed by atoms with Gasteiger partial charge in [-0.05, 0) is 37.6 Å². The van der Waals surface area contributed by atoms with Gasteiger partial charge in [0.05, 0.1) is 29.0 Å². The van der Waals surface area contributed by atoms with Gasteiger partial charge in [0, 0.05) is 6.54 Å². The maximum absolute atomic E-state index is 13.0. The number of rotatable bonds is 7. The van der Waals surface area contributed by atoms with Gasteiger partial charge < -0.3 is 9.73 Å². The van der Waals surface area contributed by atoms with Gasteiger partial charge in [0.2, 0.25) is 5.91 Å². The average molecular weight is 371 g/mol. The Kier molecular flexibility index (Phi) is 5.78. The summed E-state index contributed by atoms with van der Waals surface area (Å²) in [7, 11) is 0. The fraction of sp³-hybridized carbons (Fsp3) is 0.316. The average Bonchev–Trinajstić information content (AvgIpc) is 3.16. The molecular weight excluding hydrogens is 350 g/mol. The number of nitrogens with one attached hydrogen (secondary N) is 1. The normalized spacial score (nSPS) is 12.2. The third-order valence-electron chi connectivity index (χ3n) is 3.92. The first kappa shape index (κ1) is 18.3. The monoisotopic (exact) mass is 371 g/mol. The summed E-state index contributed by atoms with van der Waals surface area (Å²) in [6.45, 7) is 4.72. The van der Waals surface area contributed by atoms with Crippen LogP contribution in [0.4, 0.5) is 0 Å². The van der Waals surface area contributed by atoms with E-state index in [-0.39, 0.29) is 23.3 Å². The Labute approximate surface area is 155 Å². The zero-order valence-electron chi connectivity index (χ0n) is 14.8. The Morgan fingerprint density at radius 2 is 2.12 bits per heavy atom. The number of nitrogens with zero attached hydrogens (tertiary/aromatic N) is 2. The number of hydrogen-bond acceptors (Lipinski definition) is 5. The predicted octanol–water partition coefficient (Wildman–Crippen LogP) is 3.04. The number of carbonyl (C=O) groups excluding carboxylic acids is 1. The number of benzene rings is 1. The topological polar surface area (TPSA) is 77.1 Å². The van der Waals surface area contributed by atoms with Crippen LogP contribution in [0.3, 0.4) is 0 Å². The van der Waals surface area contributed by atoms with Crippen molar-refractivity contribution in [2.24, 2.45) is 0 Å². The Balaban J connectivity index is 1.99. The lowest BCUT2D eigenvalue weighted by molar-refractivity contribution is -0.120. The molecule has 0 spiro atoms. The highest BCUT2D eigenvalue weighted by Gasteiger charge is 2.19. The molecule has 136 valence electrons. The van der Waals surface area contributed by atoms with Gasteiger partial charge in [-0.25, -0.2) is 4.98 Å². The minimum Gasteiger partial charge on any atom is -0.467 e. The summed E-state index contributed by atoms with van der Waals surface area (Å²) in [5.74, 6) is 0.595. The SMILES string of the molecule is CCCNC(=O)C(C)Sc1nc2ccccc2c(=O)n1Cc1ccco1. The van der Waals surface area contributed by atoms with Crippen LogP contribution in [0.25, 0.3) is 10.9 Å². The molecule has 1 amide bonds. The predicted molar refractivity (Wildman–Crippen MR) is 102 cm³/mol. The molecule has 1 unspecified atom stereocenters. The lowest BCUT2D eigenvalue weighted by atomic mass is 10.2. The van der Waals surface area contributed by atoms with Crippen LogP contribution in [-0.4, -0.2) is 27.3 Å². The summed E-state index contributed by atoms with van der Waals surface area (Å²) in [6.07, 6.45) is 2.45. The lowest BCUT2D eigenvalue weighted by Crippen LogP contribution is -2.32. The van der Waals surface area contributed by atoms with Crippen molar-refractivity contribution in [3.8, 4) is 0 Å². The number of aromatic nitrogens is 2. The van der Waals surface area contributed by atoms with E-state index < -0.39 is 0 Å². The molecule has 0 radical (unpaired) electrons. The van der Waals surface area contributed by atoms with Gasteiger partial charge in [0.25, 0.3) is 5.56 Å². The second-order valence-electron chi connectivity index (χ2n) is 5.93. The number of furan rings is 1. The number of hydrogen-bond donors (Lipinski definition) is 1. The Morgan fingerprint density at radius 1 is 1.31 bits per heavy atom. The van der Waals surface area contributed by atoms with E-state index in [0.29, 0.717) is 28.4 Å². The van der Waals surface area contributed by atoms with Crippen LogP contribution < -0.4 is 10.9 Å². The molecule has 0 aliphatic rings. The summed E-state index contributed by atoms with van der Waals surface area (Å²) >= 11 is 1.28. The smallest absolute Gasteiger partial charge is 0.262 e. The van der Waals surface area contributed by atoms with E-state index in [1.54, 1.807) is 29.0 Å². The highest BCUT2D eigenvalue weighted by atomic mass is 32.2. The first-order valence-corrected chi connectivity index (χ1v) is 9.44. The van der Waals surface area contributed by atoms with Crippen LogP contribution in [0, 0.1) is 0 Å². The molecule has 0 aliphatic carbocycles. The minimum atomic E-state index is -0.363. The quantitative estimate of drug-likeness (QED) is 0.510. The molecular formula is C19H21N3O3S. The highest BCUT2D eigenvalue weighted by Crippen LogP contribution is 2.23. The summed E-state index contributed by atoms with van der Waals surface area (Å²) in [4.78, 5) is 29.8. The van der Waals surface area contributed by atoms with Gasteiger partial charge in [-0.3, -0.25) is 14.2 Å². The molecule has 0 bridgehead atoms. The van der Waals surface area contributed by atoms with E-state index >= 15 is 0 Å². The van der Waals surface area contributed by atoms with E-state index in [2.05, 4.69) is 10.3 Å². The van der Waals surface area contributed by atoms with E-state index in [1.165, 1.54) is 11.8 Å². The van der Waals surface area contributed by atoms with E-state index in [1.807, 2.05) is 32.0 Å². The summed E-state index contributed by atoms with van der Waals surface area (Å²) < 4.78 is 6.95. The van der Waals surface area contributed by atoms with Crippen LogP contribution in [0.2, 0.25) is 0 Å². The van der Waals surface area contributed by atoms with Crippen molar-refractivity contribution in [1.82, 2.24) is 14.9 Å². The molecule has 7 heteroatoms. The number of carbonyl (C=O) groups is 1. The molecule has 0 saturated carbocycles. The van der Waals surface area contributed by atoms with Crippen molar-refractivity contribution in [3.05, 3.63) is 58.8 Å². The maximum Gasteiger partial charge on any atom is 0.262 e. The number of thioether (sulfide) groups is 1. The van der Waals surface area contributed by atoms with Crippen molar-refractivity contribution in [1.29, 1.82) is 0 Å². The van der Waals surface area contributed by atoms with Crippen molar-refractivity contribution in [2.75, 3.05) is 6.54 Å². The van der Waals surface area contributed by atoms with Crippen LogP contribution in [0.15, 0.2) is 57.0 Å². The Bertz CT molecular complexity index is 950. The van der Waals surface area contributed by atoms with Gasteiger partial charge in [-0.15, -0.1) is 0 Å². The number of para-hydroxylation sites is 1. The third kappa shape index (κ3) is 3.99. The van der Waals surface area contributed by atoms with E-state index in [4.69, 9.17) is 4.42 Å². The van der Waals surface area contributed by atoms with Gasteiger partial charge in [0.1, 0.15) is 5.76 Å². The summed E-state index contributed by atoms with van der Waals surface area (Å²) in [5.41, 5.74) is 0.479. The van der Waals surface area contributed by atoms with Crippen molar-refractivity contribution in [3.63, 3.8) is 0 Å². The van der Waals surface area contributed by atoms with Crippen molar-refractivity contribution >= 4 is 28.6 Å². The van der Waals surface area contributed by atoms with Gasteiger partial charge in [-0.2, -0.15) is 0 Å². The maximum atomic E-state index is 13.0. The van der Waals surface area contributed by atoms with Crippen molar-refractivity contribution in [2.45, 2.75) is 37.2 Å². The molecule has 6 nitrogen and oxygen atoms in total. The highest BCUT2D eigenvalue weighted by molar-refractivity contribution is 8.00. The standard InChI is InChI=1S/C19H21N3O3S/c1-3-10-20-17(23)13(2)26-19-21-16-9-5-4-8-15(16)18(24)22(19)12-14-7-6-11-25-14/h4-9,11,13H,3,10,12H2,1-2H3,(H,20,23).